The van der Waals surface area contributed by atoms with Crippen LogP contribution in [0.2, 0.25) is 0 Å². The first-order chi connectivity index (χ1) is 9.29. The Balaban J connectivity index is 2.63. The maximum absolute atomic E-state index is 11.5. The summed E-state index contributed by atoms with van der Waals surface area (Å²) < 4.78 is 6.28. The number of carbonyl (C=O) groups is 2. The van der Waals surface area contributed by atoms with Crippen LogP contribution in [0.3, 0.4) is 0 Å². The third-order valence-electron chi connectivity index (χ3n) is 2.25. The quantitative estimate of drug-likeness (QED) is 0.512. The molecular weight excluding hydrogens is 492 g/mol. The summed E-state index contributed by atoms with van der Waals surface area (Å²) in [6, 6.07) is -1.06. The molecule has 0 aliphatic heterocycles. The van der Waals surface area contributed by atoms with E-state index in [2.05, 4.69) is 15.3 Å². The minimum absolute atomic E-state index is 0.125. The number of aliphatic carboxylic acids is 1. The lowest BCUT2D eigenvalue weighted by Gasteiger charge is -2.14. The molecule has 0 aliphatic carbocycles. The molecule has 112 valence electrons. The third-order valence-corrected chi connectivity index (χ3v) is 3.65. The minimum Gasteiger partial charge on any atom is -0.480 e. The van der Waals surface area contributed by atoms with Gasteiger partial charge in [-0.1, -0.05) is 13.8 Å². The van der Waals surface area contributed by atoms with E-state index in [1.807, 2.05) is 59.0 Å². The number of carbonyl (C=O) groups excluding carboxylic acids is 1. The highest BCUT2D eigenvalue weighted by atomic mass is 127. The summed E-state index contributed by atoms with van der Waals surface area (Å²) in [7, 11) is 0. The van der Waals surface area contributed by atoms with Crippen LogP contribution in [0.4, 0.5) is 4.79 Å². The molecule has 0 radical (unpaired) electrons. The molecule has 1 aromatic heterocycles. The Labute approximate surface area is 143 Å². The molecular formula is C11H15I2N3O4. The lowest BCUT2D eigenvalue weighted by atomic mass is 10.2. The number of aromatic amines is 1. The maximum atomic E-state index is 11.5. The lowest BCUT2D eigenvalue weighted by molar-refractivity contribution is -0.139. The van der Waals surface area contributed by atoms with E-state index in [1.54, 1.807) is 0 Å². The van der Waals surface area contributed by atoms with Gasteiger partial charge in [0, 0.05) is 6.42 Å². The molecule has 0 aliphatic rings. The molecule has 0 saturated carbocycles. The Morgan fingerprint density at radius 2 is 2.10 bits per heavy atom. The van der Waals surface area contributed by atoms with Gasteiger partial charge in [0.15, 0.2) is 3.83 Å². The summed E-state index contributed by atoms with van der Waals surface area (Å²) in [6.45, 7) is 4.05. The average Bonchev–Trinajstić information content (AvgIpc) is 2.64. The van der Waals surface area contributed by atoms with Crippen molar-refractivity contribution in [1.82, 2.24) is 15.3 Å². The summed E-state index contributed by atoms with van der Waals surface area (Å²) in [5, 5.41) is 11.5. The van der Waals surface area contributed by atoms with Gasteiger partial charge in [0.2, 0.25) is 0 Å². The summed E-state index contributed by atoms with van der Waals surface area (Å²) >= 11 is 4.02. The first-order valence-corrected chi connectivity index (χ1v) is 8.01. The molecule has 3 N–H and O–H groups in total. The van der Waals surface area contributed by atoms with Crippen LogP contribution in [0.25, 0.3) is 0 Å². The molecule has 1 unspecified atom stereocenters. The number of aromatic nitrogens is 2. The predicted molar refractivity (Wildman–Crippen MR) is 88.5 cm³/mol. The monoisotopic (exact) mass is 507 g/mol. The van der Waals surface area contributed by atoms with Gasteiger partial charge in [0.05, 0.1) is 12.3 Å². The first-order valence-electron chi connectivity index (χ1n) is 5.85. The Morgan fingerprint density at radius 1 is 1.45 bits per heavy atom. The fraction of sp³-hybridized carbons (Fsp3) is 0.545. The number of nitrogens with one attached hydrogen (secondary N) is 2. The fourth-order valence-corrected chi connectivity index (χ4v) is 2.95. The predicted octanol–water partition coefficient (Wildman–Crippen LogP) is 2.00. The lowest BCUT2D eigenvalue weighted by Crippen LogP contribution is -2.43. The van der Waals surface area contributed by atoms with Crippen molar-refractivity contribution in [3.8, 4) is 0 Å². The van der Waals surface area contributed by atoms with Crippen molar-refractivity contribution in [2.45, 2.75) is 26.3 Å². The second kappa shape index (κ2) is 8.00. The van der Waals surface area contributed by atoms with Crippen molar-refractivity contribution in [1.29, 1.82) is 0 Å². The SMILES string of the molecule is CC(C)COC(=O)NC(Cc1[nH]c(I)nc1I)C(=O)O. The Bertz CT molecular complexity index is 490. The molecule has 20 heavy (non-hydrogen) atoms. The van der Waals surface area contributed by atoms with Gasteiger partial charge in [-0.25, -0.2) is 14.6 Å². The molecule has 1 heterocycles. The molecule has 1 atom stereocenters. The summed E-state index contributed by atoms with van der Waals surface area (Å²) in [5.74, 6) is -0.925. The number of ether oxygens (including phenoxy) is 1. The van der Waals surface area contributed by atoms with Gasteiger partial charge in [-0.15, -0.1) is 0 Å². The number of amides is 1. The fourth-order valence-electron chi connectivity index (χ4n) is 1.32. The Hall–Kier alpha value is -0.590. The minimum atomic E-state index is -1.12. The van der Waals surface area contributed by atoms with Crippen molar-refractivity contribution in [3.05, 3.63) is 13.2 Å². The van der Waals surface area contributed by atoms with E-state index in [9.17, 15) is 9.59 Å². The summed E-state index contributed by atoms with van der Waals surface area (Å²) in [6.07, 6.45) is -0.601. The number of halogens is 2. The van der Waals surface area contributed by atoms with Crippen molar-refractivity contribution in [3.63, 3.8) is 0 Å². The Morgan fingerprint density at radius 3 is 2.55 bits per heavy atom. The van der Waals surface area contributed by atoms with Gasteiger partial charge in [0.1, 0.15) is 9.74 Å². The van der Waals surface area contributed by atoms with Crippen LogP contribution in [0, 0.1) is 13.4 Å². The Kier molecular flexibility index (Phi) is 6.99. The molecule has 0 bridgehead atoms. The summed E-state index contributed by atoms with van der Waals surface area (Å²) in [5.41, 5.74) is 0.673. The number of nitrogens with zero attached hydrogens (tertiary/aromatic N) is 1. The van der Waals surface area contributed by atoms with Crippen molar-refractivity contribution < 1.29 is 19.4 Å². The normalized spacial score (nSPS) is 12.2. The smallest absolute Gasteiger partial charge is 0.407 e. The van der Waals surface area contributed by atoms with E-state index >= 15 is 0 Å². The molecule has 7 nitrogen and oxygen atoms in total. The van der Waals surface area contributed by atoms with Crippen molar-refractivity contribution in [2.24, 2.45) is 5.92 Å². The molecule has 0 spiro atoms. The molecule has 1 rings (SSSR count). The van der Waals surface area contributed by atoms with Crippen LogP contribution < -0.4 is 5.32 Å². The summed E-state index contributed by atoms with van der Waals surface area (Å²) in [4.78, 5) is 29.8. The molecule has 9 heteroatoms. The topological polar surface area (TPSA) is 104 Å². The second-order valence-corrected chi connectivity index (χ2v) is 6.57. The van der Waals surface area contributed by atoms with Crippen molar-refractivity contribution in [2.75, 3.05) is 6.61 Å². The molecule has 1 aromatic rings. The molecule has 0 fully saturated rings. The molecule has 1 amide bonds. The van der Waals surface area contributed by atoms with Gasteiger partial charge in [-0.2, -0.15) is 0 Å². The third kappa shape index (κ3) is 5.81. The van der Waals surface area contributed by atoms with Gasteiger partial charge in [0.25, 0.3) is 0 Å². The van der Waals surface area contributed by atoms with E-state index in [1.165, 1.54) is 0 Å². The van der Waals surface area contributed by atoms with Crippen LogP contribution in [-0.2, 0) is 16.0 Å². The number of hydrogen-bond acceptors (Lipinski definition) is 4. The number of rotatable bonds is 6. The van der Waals surface area contributed by atoms with E-state index in [0.29, 0.717) is 13.2 Å². The van der Waals surface area contributed by atoms with Crippen LogP contribution >= 0.6 is 45.2 Å². The second-order valence-electron chi connectivity index (χ2n) is 4.53. The van der Waals surface area contributed by atoms with E-state index < -0.39 is 18.1 Å². The number of hydrogen-bond donors (Lipinski definition) is 3. The van der Waals surface area contributed by atoms with Gasteiger partial charge in [-0.05, 0) is 51.1 Å². The maximum Gasteiger partial charge on any atom is 0.407 e. The number of alkyl carbamates (subject to hydrolysis) is 1. The average molecular weight is 507 g/mol. The van der Waals surface area contributed by atoms with Gasteiger partial charge in [-0.3, -0.25) is 0 Å². The zero-order valence-electron chi connectivity index (χ0n) is 10.9. The number of carboxylic acid groups (broad SMARTS) is 1. The van der Waals surface area contributed by atoms with E-state index in [0.717, 1.165) is 0 Å². The highest BCUT2D eigenvalue weighted by molar-refractivity contribution is 14.1. The highest BCUT2D eigenvalue weighted by Gasteiger charge is 2.23. The standard InChI is InChI=1S/C11H15I2N3O4/c1-5(2)4-20-11(19)15-7(9(17)18)3-6-8(12)16-10(13)14-6/h5,7H,3-4H2,1-2H3,(H,14,16)(H,15,19)(H,17,18). The van der Waals surface area contributed by atoms with Gasteiger partial charge >= 0.3 is 12.1 Å². The van der Waals surface area contributed by atoms with Crippen LogP contribution in [0.5, 0.6) is 0 Å². The molecule has 0 saturated heterocycles. The zero-order chi connectivity index (χ0) is 15.3. The largest absolute Gasteiger partial charge is 0.480 e. The first kappa shape index (κ1) is 17.5. The highest BCUT2D eigenvalue weighted by Crippen LogP contribution is 2.13. The number of imidazole rings is 1. The van der Waals surface area contributed by atoms with E-state index in [4.69, 9.17) is 9.84 Å². The number of carboxylic acids is 1. The van der Waals surface area contributed by atoms with Crippen LogP contribution in [0.15, 0.2) is 0 Å². The van der Waals surface area contributed by atoms with Crippen LogP contribution in [0.1, 0.15) is 19.5 Å². The van der Waals surface area contributed by atoms with Crippen molar-refractivity contribution >= 4 is 57.2 Å². The molecule has 0 aromatic carbocycles. The van der Waals surface area contributed by atoms with Crippen LogP contribution in [-0.4, -0.2) is 39.8 Å². The van der Waals surface area contributed by atoms with Gasteiger partial charge < -0.3 is 20.1 Å². The number of H-pyrrole nitrogens is 1. The zero-order valence-corrected chi connectivity index (χ0v) is 15.3. The van der Waals surface area contributed by atoms with E-state index in [-0.39, 0.29) is 18.9 Å².